The molecule has 1 aromatic carbocycles. The van der Waals surface area contributed by atoms with Crippen molar-refractivity contribution in [1.82, 2.24) is 20.0 Å². The summed E-state index contributed by atoms with van der Waals surface area (Å²) in [5, 5.41) is 12.1. The Morgan fingerprint density at radius 2 is 1.97 bits per heavy atom. The van der Waals surface area contributed by atoms with Gasteiger partial charge in [-0.25, -0.2) is 13.5 Å². The highest BCUT2D eigenvalue weighted by Gasteiger charge is 2.32. The summed E-state index contributed by atoms with van der Waals surface area (Å²) in [6.07, 6.45) is 5.04. The first-order valence-corrected chi connectivity index (χ1v) is 10.8. The molecule has 0 radical (unpaired) electrons. The molecule has 0 fully saturated rings. The molecule has 0 N–H and O–H groups in total. The second kappa shape index (κ2) is 8.31. The highest BCUT2D eigenvalue weighted by atomic mass is 19.3. The van der Waals surface area contributed by atoms with Crippen LogP contribution in [0.5, 0.6) is 0 Å². The van der Waals surface area contributed by atoms with E-state index in [1.165, 1.54) is 18.2 Å². The van der Waals surface area contributed by atoms with E-state index in [0.717, 1.165) is 27.1 Å². The molecule has 168 valence electrons. The summed E-state index contributed by atoms with van der Waals surface area (Å²) >= 11 is 0. The van der Waals surface area contributed by atoms with Crippen LogP contribution in [0.3, 0.4) is 0 Å². The van der Waals surface area contributed by atoms with Crippen LogP contribution in [0.15, 0.2) is 59.7 Å². The lowest BCUT2D eigenvalue weighted by Crippen LogP contribution is -2.36. The molecule has 0 unspecified atom stereocenters. The van der Waals surface area contributed by atoms with Crippen LogP contribution < -0.4 is 10.5 Å². The molecule has 3 aromatic rings. The highest BCUT2D eigenvalue weighted by molar-refractivity contribution is 5.97. The normalized spacial score (nSPS) is 16.9. The maximum absolute atomic E-state index is 13.5. The van der Waals surface area contributed by atoms with Gasteiger partial charge in [-0.3, -0.25) is 9.59 Å². The van der Waals surface area contributed by atoms with Gasteiger partial charge in [0.15, 0.2) is 0 Å². The molecule has 0 saturated carbocycles. The molecular formula is C24H21F2N5O2. The third-order valence-electron chi connectivity index (χ3n) is 6.11. The summed E-state index contributed by atoms with van der Waals surface area (Å²) in [7, 11) is 0. The van der Waals surface area contributed by atoms with Gasteiger partial charge in [0, 0.05) is 36.7 Å². The monoisotopic (exact) mass is 449 g/mol. The maximum Gasteiger partial charge on any atom is 0.267 e. The standard InChI is InChI=1S/C24H21F2N5O2/c25-24(26)10-6-16(7-11-24)20-4-5-22(32)31(29-20)15-23(33)30-13-9-19-18(2-1-3-21(19)30)17-8-12-27-28-14-17/h1-6,8,12,14H,7,9-11,13,15H2. The Morgan fingerprint density at radius 3 is 2.73 bits per heavy atom. The molecular weight excluding hydrogens is 428 g/mol. The van der Waals surface area contributed by atoms with E-state index in [1.54, 1.807) is 17.3 Å². The highest BCUT2D eigenvalue weighted by Crippen LogP contribution is 2.37. The van der Waals surface area contributed by atoms with Crippen molar-refractivity contribution in [2.45, 2.75) is 38.2 Å². The summed E-state index contributed by atoms with van der Waals surface area (Å²) in [5.74, 6) is -2.96. The summed E-state index contributed by atoms with van der Waals surface area (Å²) in [5.41, 5.74) is 4.47. The molecule has 0 bridgehead atoms. The molecule has 0 saturated heterocycles. The number of halogens is 2. The van der Waals surface area contributed by atoms with Gasteiger partial charge >= 0.3 is 0 Å². The number of carbonyl (C=O) groups is 1. The summed E-state index contributed by atoms with van der Waals surface area (Å²) < 4.78 is 28.0. The molecule has 1 aliphatic heterocycles. The van der Waals surface area contributed by atoms with Crippen LogP contribution in [0, 0.1) is 0 Å². The SMILES string of the molecule is O=C(Cn1nc(C2=CCC(F)(F)CC2)ccc1=O)N1CCc2c(-c3ccnnc3)cccc21. The van der Waals surface area contributed by atoms with Crippen LogP contribution >= 0.6 is 0 Å². The molecule has 9 heteroatoms. The Labute approximate surface area is 188 Å². The lowest BCUT2D eigenvalue weighted by Gasteiger charge is -2.21. The van der Waals surface area contributed by atoms with Crippen molar-refractivity contribution in [3.8, 4) is 11.1 Å². The Kier molecular flexibility index (Phi) is 5.32. The van der Waals surface area contributed by atoms with Gasteiger partial charge in [0.05, 0.1) is 18.1 Å². The van der Waals surface area contributed by atoms with E-state index >= 15 is 0 Å². The molecule has 2 aliphatic rings. The first-order chi connectivity index (χ1) is 15.9. The largest absolute Gasteiger partial charge is 0.310 e. The number of nitrogens with zero attached hydrogens (tertiary/aromatic N) is 5. The number of allylic oxidation sites excluding steroid dienone is 2. The molecule has 33 heavy (non-hydrogen) atoms. The number of alkyl halides is 2. The summed E-state index contributed by atoms with van der Waals surface area (Å²) in [4.78, 5) is 27.2. The predicted molar refractivity (Wildman–Crippen MR) is 119 cm³/mol. The van der Waals surface area contributed by atoms with Crippen LogP contribution in [0.1, 0.15) is 30.5 Å². The minimum absolute atomic E-state index is 0.179. The zero-order valence-corrected chi connectivity index (χ0v) is 17.7. The zero-order chi connectivity index (χ0) is 23.0. The average Bonchev–Trinajstić information content (AvgIpc) is 3.26. The van der Waals surface area contributed by atoms with Crippen LogP contribution in [0.4, 0.5) is 14.5 Å². The lowest BCUT2D eigenvalue weighted by molar-refractivity contribution is -0.119. The molecule has 1 aliphatic carbocycles. The van der Waals surface area contributed by atoms with Crippen molar-refractivity contribution >= 4 is 17.2 Å². The second-order valence-electron chi connectivity index (χ2n) is 8.23. The van der Waals surface area contributed by atoms with Crippen LogP contribution in [-0.4, -0.2) is 38.4 Å². The summed E-state index contributed by atoms with van der Waals surface area (Å²) in [6.45, 7) is 0.273. The van der Waals surface area contributed by atoms with Crippen molar-refractivity contribution in [3.63, 3.8) is 0 Å². The van der Waals surface area contributed by atoms with Gasteiger partial charge in [0.25, 0.3) is 11.5 Å². The number of aromatic nitrogens is 4. The van der Waals surface area contributed by atoms with Crippen molar-refractivity contribution in [3.05, 3.63) is 76.5 Å². The number of benzene rings is 1. The minimum atomic E-state index is -2.71. The molecule has 5 rings (SSSR count). The van der Waals surface area contributed by atoms with Gasteiger partial charge in [0.2, 0.25) is 5.91 Å². The second-order valence-corrected chi connectivity index (χ2v) is 8.23. The topological polar surface area (TPSA) is 81.0 Å². The number of hydrogen-bond acceptors (Lipinski definition) is 5. The van der Waals surface area contributed by atoms with Crippen LogP contribution in [0.2, 0.25) is 0 Å². The Balaban J connectivity index is 1.39. The molecule has 2 aromatic heterocycles. The third kappa shape index (κ3) is 4.18. The first-order valence-electron chi connectivity index (χ1n) is 10.8. The van der Waals surface area contributed by atoms with Gasteiger partial charge in [0.1, 0.15) is 6.54 Å². The van der Waals surface area contributed by atoms with Crippen LogP contribution in [-0.2, 0) is 17.8 Å². The van der Waals surface area contributed by atoms with Gasteiger partial charge in [-0.15, -0.1) is 0 Å². The number of rotatable bonds is 4. The van der Waals surface area contributed by atoms with E-state index in [4.69, 9.17) is 0 Å². The maximum atomic E-state index is 13.5. The quantitative estimate of drug-likeness (QED) is 0.609. The molecule has 0 atom stereocenters. The average molecular weight is 449 g/mol. The van der Waals surface area contributed by atoms with E-state index in [2.05, 4.69) is 15.3 Å². The Hall–Kier alpha value is -3.75. The fourth-order valence-electron chi connectivity index (χ4n) is 4.39. The number of carbonyl (C=O) groups excluding carboxylic acids is 1. The van der Waals surface area contributed by atoms with Gasteiger partial charge in [-0.05, 0) is 47.7 Å². The van der Waals surface area contributed by atoms with Crippen LogP contribution in [0.25, 0.3) is 16.7 Å². The van der Waals surface area contributed by atoms with Crippen molar-refractivity contribution < 1.29 is 13.6 Å². The van der Waals surface area contributed by atoms with Crippen molar-refractivity contribution in [1.29, 1.82) is 0 Å². The van der Waals surface area contributed by atoms with Gasteiger partial charge < -0.3 is 4.90 Å². The number of fused-ring (bicyclic) bond motifs is 1. The van der Waals surface area contributed by atoms with Crippen molar-refractivity contribution in [2.75, 3.05) is 11.4 Å². The number of anilines is 1. The molecule has 3 heterocycles. The fourth-order valence-corrected chi connectivity index (χ4v) is 4.39. The van der Waals surface area contributed by atoms with E-state index < -0.39 is 11.5 Å². The number of hydrogen-bond donors (Lipinski definition) is 0. The van der Waals surface area contributed by atoms with E-state index in [9.17, 15) is 18.4 Å². The Bertz CT molecular complexity index is 1300. The predicted octanol–water partition coefficient (Wildman–Crippen LogP) is 3.49. The van der Waals surface area contributed by atoms with Gasteiger partial charge in [-0.1, -0.05) is 18.2 Å². The van der Waals surface area contributed by atoms with E-state index in [0.29, 0.717) is 24.2 Å². The zero-order valence-electron chi connectivity index (χ0n) is 17.7. The van der Waals surface area contributed by atoms with E-state index in [-0.39, 0.29) is 31.7 Å². The Morgan fingerprint density at radius 1 is 1.09 bits per heavy atom. The summed E-state index contributed by atoms with van der Waals surface area (Å²) in [6, 6.07) is 10.5. The number of amides is 1. The van der Waals surface area contributed by atoms with Crippen molar-refractivity contribution in [2.24, 2.45) is 0 Å². The van der Waals surface area contributed by atoms with E-state index in [1.807, 2.05) is 24.3 Å². The lowest BCUT2D eigenvalue weighted by atomic mass is 9.94. The fraction of sp³-hybridized carbons (Fsp3) is 0.292. The molecule has 7 nitrogen and oxygen atoms in total. The van der Waals surface area contributed by atoms with Gasteiger partial charge in [-0.2, -0.15) is 15.3 Å². The molecule has 0 spiro atoms. The first kappa shape index (κ1) is 21.1. The minimum Gasteiger partial charge on any atom is -0.310 e. The smallest absolute Gasteiger partial charge is 0.267 e. The molecule has 1 amide bonds. The third-order valence-corrected chi connectivity index (χ3v) is 6.11.